The van der Waals surface area contributed by atoms with E-state index in [1.165, 1.54) is 6.07 Å². The maximum atomic E-state index is 12.7. The third-order valence-corrected chi connectivity index (χ3v) is 11.2. The first-order valence-corrected chi connectivity index (χ1v) is 21.2. The van der Waals surface area contributed by atoms with Crippen molar-refractivity contribution in [2.75, 3.05) is 25.4 Å². The largest absolute Gasteiger partial charge is 0.481 e. The fraction of sp³-hybridized carbons (Fsp3) is 0.521. The summed E-state index contributed by atoms with van der Waals surface area (Å²) >= 11 is 0. The summed E-state index contributed by atoms with van der Waals surface area (Å²) < 4.78 is 0. The van der Waals surface area contributed by atoms with Crippen molar-refractivity contribution < 1.29 is 33.9 Å². The topological polar surface area (TPSA) is 172 Å². The molecule has 3 atom stereocenters. The number of benzene rings is 2. The first-order chi connectivity index (χ1) is 26.3. The van der Waals surface area contributed by atoms with E-state index in [1.54, 1.807) is 64.2 Å². The molecule has 0 radical (unpaired) electrons. The second-order valence-corrected chi connectivity index (χ2v) is 16.0. The lowest BCUT2D eigenvalue weighted by molar-refractivity contribution is -0.138. The first kappa shape index (κ1) is 65.6. The average molecular weight is 889 g/mol. The Balaban J connectivity index is -0.000000256. The number of aliphatic carboxylic acids is 1. The summed E-state index contributed by atoms with van der Waals surface area (Å²) in [4.78, 5) is 74.3. The Hall–Kier alpha value is -4.49. The van der Waals surface area contributed by atoms with Crippen molar-refractivity contribution in [2.24, 2.45) is 17.8 Å². The van der Waals surface area contributed by atoms with Gasteiger partial charge >= 0.3 is 5.97 Å². The van der Waals surface area contributed by atoms with Gasteiger partial charge in [0.2, 0.25) is 11.8 Å². The van der Waals surface area contributed by atoms with E-state index < -0.39 is 5.97 Å². The molecule has 13 heteroatoms. The highest BCUT2D eigenvalue weighted by Gasteiger charge is 2.30. The molecule has 0 spiro atoms. The van der Waals surface area contributed by atoms with Gasteiger partial charge in [-0.3, -0.25) is 28.8 Å². The molecule has 0 bridgehead atoms. The van der Waals surface area contributed by atoms with E-state index >= 15 is 0 Å². The number of hydrogen-bond acceptors (Lipinski definition) is 9. The van der Waals surface area contributed by atoms with Crippen molar-refractivity contribution in [3.8, 4) is 0 Å². The summed E-state index contributed by atoms with van der Waals surface area (Å²) in [6.45, 7) is 14.5. The molecule has 0 saturated carbocycles. The summed E-state index contributed by atoms with van der Waals surface area (Å²) in [6, 6.07) is 17.3. The molecule has 0 fully saturated rings. The van der Waals surface area contributed by atoms with Gasteiger partial charge < -0.3 is 21.1 Å². The SMILES string of the molecule is C.C.C.C.C.C.CCC(C)CNC(=O)CCC(=O)O.CCC(C)CNC(=O)CCSSc1ccccn1.CCC(C)CNC(=O)c1ccc2c(c1)C(=O)c1ccccc1C2=O. The summed E-state index contributed by atoms with van der Waals surface area (Å²) in [5.74, 6) is 0.639. The fourth-order valence-electron chi connectivity index (χ4n) is 4.65. The maximum absolute atomic E-state index is 12.7. The van der Waals surface area contributed by atoms with Gasteiger partial charge in [-0.2, -0.15) is 0 Å². The molecule has 61 heavy (non-hydrogen) atoms. The summed E-state index contributed by atoms with van der Waals surface area (Å²) in [7, 11) is 3.28. The van der Waals surface area contributed by atoms with Crippen LogP contribution in [0.2, 0.25) is 0 Å². The number of rotatable bonds is 18. The van der Waals surface area contributed by atoms with Crippen LogP contribution in [0.4, 0.5) is 0 Å². The van der Waals surface area contributed by atoms with Gasteiger partial charge in [0.15, 0.2) is 11.6 Å². The van der Waals surface area contributed by atoms with E-state index in [9.17, 15) is 28.8 Å². The molecule has 4 N–H and O–H groups in total. The highest BCUT2D eigenvalue weighted by Crippen LogP contribution is 2.29. The second-order valence-electron chi connectivity index (χ2n) is 13.5. The van der Waals surface area contributed by atoms with Crippen LogP contribution in [0.1, 0.15) is 167 Å². The number of carboxylic acids is 1. The third-order valence-electron chi connectivity index (χ3n) is 8.95. The van der Waals surface area contributed by atoms with Crippen LogP contribution in [0.15, 0.2) is 71.9 Å². The van der Waals surface area contributed by atoms with Crippen LogP contribution in [0.25, 0.3) is 0 Å². The van der Waals surface area contributed by atoms with Gasteiger partial charge in [-0.1, -0.05) is 146 Å². The van der Waals surface area contributed by atoms with Crippen LogP contribution in [-0.4, -0.2) is 70.7 Å². The summed E-state index contributed by atoms with van der Waals surface area (Å²) in [5, 5.41) is 17.8. The molecule has 2 aromatic carbocycles. The van der Waals surface area contributed by atoms with Gasteiger partial charge in [0.05, 0.1) is 6.42 Å². The lowest BCUT2D eigenvalue weighted by atomic mass is 9.83. The van der Waals surface area contributed by atoms with E-state index in [1.807, 2.05) is 32.0 Å². The molecule has 3 amide bonds. The molecular formula is C48H80N4O7S2. The standard InChI is InChI=1S/C20H19NO3.C13H20N2OS2.C9H17NO3.6CH4/c1-3-12(2)11-21-20(24)13-8-9-16-17(10-13)19(23)15-7-5-4-6-14(15)18(16)22;1-3-11(2)10-15-12(16)7-9-17-18-13-6-4-5-8-14-13;1-3-7(2)6-10-8(11)4-5-9(12)13;;;;;;/h4-10,12H,3,11H2,1-2H3,(H,21,24);4-6,8,11H,3,7,9-10H2,1-2H3,(H,15,16);7H,3-6H2,1-2H3,(H,10,11)(H,12,13);6*1H4. The molecule has 1 heterocycles. The molecule has 346 valence electrons. The summed E-state index contributed by atoms with van der Waals surface area (Å²) in [5.41, 5.74) is 1.88. The molecular weight excluding hydrogens is 809 g/mol. The molecule has 4 rings (SSSR count). The quantitative estimate of drug-likeness (QED) is 0.0556. The number of nitrogens with one attached hydrogen (secondary N) is 3. The lowest BCUT2D eigenvalue weighted by Crippen LogP contribution is -2.29. The van der Waals surface area contributed by atoms with Crippen molar-refractivity contribution in [3.05, 3.63) is 94.7 Å². The number of nitrogens with zero attached hydrogens (tertiary/aromatic N) is 1. The Labute approximate surface area is 377 Å². The number of ketones is 2. The van der Waals surface area contributed by atoms with Crippen LogP contribution >= 0.6 is 21.6 Å². The van der Waals surface area contributed by atoms with Crippen molar-refractivity contribution >= 4 is 56.8 Å². The number of carbonyl (C=O) groups is 6. The average Bonchev–Trinajstić information content (AvgIpc) is 3.21. The minimum absolute atomic E-state index is 0. The van der Waals surface area contributed by atoms with Crippen molar-refractivity contribution in [1.29, 1.82) is 0 Å². The highest BCUT2D eigenvalue weighted by molar-refractivity contribution is 8.76. The van der Waals surface area contributed by atoms with Crippen molar-refractivity contribution in [1.82, 2.24) is 20.9 Å². The van der Waals surface area contributed by atoms with Crippen LogP contribution in [-0.2, 0) is 14.4 Å². The van der Waals surface area contributed by atoms with E-state index in [-0.39, 0.29) is 86.7 Å². The normalized spacial score (nSPS) is 11.6. The van der Waals surface area contributed by atoms with Crippen LogP contribution in [0.3, 0.4) is 0 Å². The minimum Gasteiger partial charge on any atom is -0.481 e. The van der Waals surface area contributed by atoms with Crippen LogP contribution in [0, 0.1) is 17.8 Å². The number of carbonyl (C=O) groups excluding carboxylic acids is 5. The van der Waals surface area contributed by atoms with Gasteiger partial charge in [-0.05, 0) is 58.9 Å². The first-order valence-electron chi connectivity index (χ1n) is 18.9. The Morgan fingerprint density at radius 2 is 1.07 bits per heavy atom. The Bertz CT molecular complexity index is 1720. The van der Waals surface area contributed by atoms with Crippen LogP contribution in [0.5, 0.6) is 0 Å². The molecule has 3 aromatic rings. The molecule has 3 unspecified atom stereocenters. The van der Waals surface area contributed by atoms with Gasteiger partial charge in [0, 0.05) is 72.2 Å². The molecule has 1 aliphatic carbocycles. The van der Waals surface area contributed by atoms with Gasteiger partial charge in [-0.25, -0.2) is 4.98 Å². The minimum atomic E-state index is -0.932. The predicted octanol–water partition coefficient (Wildman–Crippen LogP) is 11.4. The van der Waals surface area contributed by atoms with Gasteiger partial charge in [-0.15, -0.1) is 0 Å². The van der Waals surface area contributed by atoms with E-state index in [2.05, 4.69) is 48.6 Å². The smallest absolute Gasteiger partial charge is 0.303 e. The Morgan fingerprint density at radius 1 is 0.607 bits per heavy atom. The molecule has 1 aliphatic rings. The summed E-state index contributed by atoms with van der Waals surface area (Å²) in [6.07, 6.45) is 5.43. The number of hydrogen-bond donors (Lipinski definition) is 4. The number of pyridine rings is 1. The highest BCUT2D eigenvalue weighted by atomic mass is 33.1. The van der Waals surface area contributed by atoms with Crippen molar-refractivity contribution in [3.63, 3.8) is 0 Å². The lowest BCUT2D eigenvalue weighted by Gasteiger charge is -2.18. The second kappa shape index (κ2) is 36.2. The molecule has 0 saturated heterocycles. The van der Waals surface area contributed by atoms with Gasteiger partial charge in [0.25, 0.3) is 5.91 Å². The van der Waals surface area contributed by atoms with E-state index in [0.29, 0.717) is 65.1 Å². The molecule has 11 nitrogen and oxygen atoms in total. The fourth-order valence-corrected chi connectivity index (χ4v) is 6.52. The van der Waals surface area contributed by atoms with Crippen molar-refractivity contribution in [2.45, 2.75) is 130 Å². The number of amides is 3. The van der Waals surface area contributed by atoms with Gasteiger partial charge in [0.1, 0.15) is 5.03 Å². The Morgan fingerprint density at radius 3 is 1.54 bits per heavy atom. The zero-order valence-corrected chi connectivity index (χ0v) is 34.4. The van der Waals surface area contributed by atoms with Crippen LogP contribution < -0.4 is 16.0 Å². The zero-order chi connectivity index (χ0) is 40.8. The number of fused-ring (bicyclic) bond motifs is 2. The molecule has 1 aromatic heterocycles. The number of aromatic nitrogens is 1. The third kappa shape index (κ3) is 24.5. The number of carboxylic acid groups (broad SMARTS) is 1. The Kier molecular flexibility index (Phi) is 38.9. The molecule has 0 aliphatic heterocycles. The maximum Gasteiger partial charge on any atom is 0.303 e. The predicted molar refractivity (Wildman–Crippen MR) is 261 cm³/mol. The van der Waals surface area contributed by atoms with E-state index in [4.69, 9.17) is 5.11 Å². The monoisotopic (exact) mass is 889 g/mol. The zero-order valence-electron chi connectivity index (χ0n) is 32.8. The van der Waals surface area contributed by atoms with E-state index in [0.717, 1.165) is 36.6 Å².